The molecule has 5 nitrogen and oxygen atoms in total. The highest BCUT2D eigenvalue weighted by atomic mass is 16.5. The fourth-order valence-electron chi connectivity index (χ4n) is 1.69. The number of nitrogens with zero attached hydrogens (tertiary/aromatic N) is 1. The van der Waals surface area contributed by atoms with Gasteiger partial charge in [0.15, 0.2) is 6.39 Å². The number of rotatable bonds is 6. The first kappa shape index (κ1) is 13.1. The minimum atomic E-state index is -0.0533. The minimum absolute atomic E-state index is 0.0533. The van der Waals surface area contributed by atoms with Crippen LogP contribution in [-0.2, 0) is 17.6 Å². The molecule has 19 heavy (non-hydrogen) atoms. The standard InChI is InChI=1S/C14H16N2O3/c1-18-13-4-2-11(3-5-13)6-7-15-14(17)8-12-9-19-10-16-12/h2-5,9-10H,6-8H2,1H3,(H,15,17). The summed E-state index contributed by atoms with van der Waals surface area (Å²) >= 11 is 0. The summed E-state index contributed by atoms with van der Waals surface area (Å²) in [5.41, 5.74) is 1.80. The van der Waals surface area contributed by atoms with Crippen molar-refractivity contribution >= 4 is 5.91 Å². The van der Waals surface area contributed by atoms with Crippen molar-refractivity contribution < 1.29 is 13.9 Å². The zero-order valence-corrected chi connectivity index (χ0v) is 10.8. The molecule has 0 fully saturated rings. The van der Waals surface area contributed by atoms with Gasteiger partial charge in [0.1, 0.15) is 12.0 Å². The predicted molar refractivity (Wildman–Crippen MR) is 69.9 cm³/mol. The summed E-state index contributed by atoms with van der Waals surface area (Å²) in [4.78, 5) is 15.5. The highest BCUT2D eigenvalue weighted by molar-refractivity contribution is 5.77. The second-order valence-corrected chi connectivity index (χ2v) is 4.10. The summed E-state index contributed by atoms with van der Waals surface area (Å²) in [5.74, 6) is 0.779. The Bertz CT molecular complexity index is 506. The van der Waals surface area contributed by atoms with Gasteiger partial charge >= 0.3 is 0 Å². The van der Waals surface area contributed by atoms with Crippen molar-refractivity contribution in [3.8, 4) is 5.75 Å². The summed E-state index contributed by atoms with van der Waals surface area (Å²) in [7, 11) is 1.64. The molecule has 2 rings (SSSR count). The zero-order valence-electron chi connectivity index (χ0n) is 10.8. The van der Waals surface area contributed by atoms with Gasteiger partial charge in [0.05, 0.1) is 19.2 Å². The van der Waals surface area contributed by atoms with Crippen LogP contribution in [0.4, 0.5) is 0 Å². The fourth-order valence-corrected chi connectivity index (χ4v) is 1.69. The molecule has 0 saturated carbocycles. The number of aromatic nitrogens is 1. The molecule has 1 aromatic heterocycles. The molecule has 1 heterocycles. The van der Waals surface area contributed by atoms with E-state index in [9.17, 15) is 4.79 Å². The molecule has 0 aliphatic heterocycles. The number of carbonyl (C=O) groups is 1. The van der Waals surface area contributed by atoms with Crippen LogP contribution in [0, 0.1) is 0 Å². The molecule has 0 saturated heterocycles. The number of amides is 1. The van der Waals surface area contributed by atoms with Crippen molar-refractivity contribution in [2.45, 2.75) is 12.8 Å². The van der Waals surface area contributed by atoms with E-state index in [0.29, 0.717) is 12.2 Å². The van der Waals surface area contributed by atoms with E-state index in [1.807, 2.05) is 24.3 Å². The second-order valence-electron chi connectivity index (χ2n) is 4.10. The van der Waals surface area contributed by atoms with Crippen molar-refractivity contribution in [1.82, 2.24) is 10.3 Å². The lowest BCUT2D eigenvalue weighted by Crippen LogP contribution is -2.27. The molecule has 100 valence electrons. The zero-order chi connectivity index (χ0) is 13.5. The number of benzene rings is 1. The van der Waals surface area contributed by atoms with Gasteiger partial charge in [0.25, 0.3) is 0 Å². The lowest BCUT2D eigenvalue weighted by atomic mass is 10.1. The first-order chi connectivity index (χ1) is 9.28. The predicted octanol–water partition coefficient (Wildman–Crippen LogP) is 1.58. The molecular formula is C14H16N2O3. The lowest BCUT2D eigenvalue weighted by molar-refractivity contribution is -0.120. The van der Waals surface area contributed by atoms with Crippen LogP contribution >= 0.6 is 0 Å². The van der Waals surface area contributed by atoms with Crippen LogP contribution < -0.4 is 10.1 Å². The first-order valence-corrected chi connectivity index (χ1v) is 6.04. The van der Waals surface area contributed by atoms with Gasteiger partial charge in [-0.3, -0.25) is 4.79 Å². The number of carbonyl (C=O) groups excluding carboxylic acids is 1. The summed E-state index contributed by atoms with van der Waals surface area (Å²) in [6.07, 6.45) is 3.83. The third-order valence-corrected chi connectivity index (χ3v) is 2.72. The Kier molecular flexibility index (Phi) is 4.55. The van der Waals surface area contributed by atoms with E-state index >= 15 is 0 Å². The molecule has 0 spiro atoms. The third kappa shape index (κ3) is 4.13. The van der Waals surface area contributed by atoms with E-state index in [2.05, 4.69) is 10.3 Å². The fraction of sp³-hybridized carbons (Fsp3) is 0.286. The van der Waals surface area contributed by atoms with Crippen molar-refractivity contribution in [1.29, 1.82) is 0 Å². The van der Waals surface area contributed by atoms with Crippen molar-refractivity contribution in [2.24, 2.45) is 0 Å². The Morgan fingerprint density at radius 2 is 2.16 bits per heavy atom. The topological polar surface area (TPSA) is 64.4 Å². The van der Waals surface area contributed by atoms with E-state index in [-0.39, 0.29) is 12.3 Å². The van der Waals surface area contributed by atoms with E-state index in [1.165, 1.54) is 12.7 Å². The number of ether oxygens (including phenoxy) is 1. The van der Waals surface area contributed by atoms with Crippen LogP contribution in [0.5, 0.6) is 5.75 Å². The van der Waals surface area contributed by atoms with E-state index in [4.69, 9.17) is 9.15 Å². The van der Waals surface area contributed by atoms with Crippen LogP contribution in [0.15, 0.2) is 41.3 Å². The van der Waals surface area contributed by atoms with Gasteiger partial charge in [-0.1, -0.05) is 12.1 Å². The molecular weight excluding hydrogens is 244 g/mol. The number of methoxy groups -OCH3 is 1. The van der Waals surface area contributed by atoms with Crippen LogP contribution in [0.3, 0.4) is 0 Å². The summed E-state index contributed by atoms with van der Waals surface area (Å²) in [5, 5.41) is 2.85. The normalized spacial score (nSPS) is 10.2. The molecule has 0 aliphatic rings. The molecule has 0 radical (unpaired) electrons. The Balaban J connectivity index is 1.72. The molecule has 0 bridgehead atoms. The molecule has 1 amide bonds. The highest BCUT2D eigenvalue weighted by Gasteiger charge is 2.05. The van der Waals surface area contributed by atoms with Crippen molar-refractivity contribution in [3.63, 3.8) is 0 Å². The maximum Gasteiger partial charge on any atom is 0.226 e. The van der Waals surface area contributed by atoms with Gasteiger partial charge in [0, 0.05) is 6.54 Å². The monoisotopic (exact) mass is 260 g/mol. The Labute approximate surface area is 111 Å². The molecule has 1 aromatic carbocycles. The summed E-state index contributed by atoms with van der Waals surface area (Å²) in [6.45, 7) is 0.600. The maximum absolute atomic E-state index is 11.6. The number of oxazole rings is 1. The molecule has 0 unspecified atom stereocenters. The van der Waals surface area contributed by atoms with Gasteiger partial charge in [-0.25, -0.2) is 4.98 Å². The number of hydrogen-bond acceptors (Lipinski definition) is 4. The smallest absolute Gasteiger partial charge is 0.226 e. The SMILES string of the molecule is COc1ccc(CCNC(=O)Cc2cocn2)cc1. The van der Waals surface area contributed by atoms with Gasteiger partial charge in [-0.15, -0.1) is 0 Å². The quantitative estimate of drug-likeness (QED) is 0.856. The Morgan fingerprint density at radius 1 is 1.37 bits per heavy atom. The molecule has 2 aromatic rings. The van der Waals surface area contributed by atoms with Gasteiger partial charge in [0.2, 0.25) is 5.91 Å². The Hall–Kier alpha value is -2.30. The van der Waals surface area contributed by atoms with E-state index < -0.39 is 0 Å². The minimum Gasteiger partial charge on any atom is -0.497 e. The Morgan fingerprint density at radius 3 is 2.79 bits per heavy atom. The molecule has 0 atom stereocenters. The third-order valence-electron chi connectivity index (χ3n) is 2.72. The van der Waals surface area contributed by atoms with E-state index in [1.54, 1.807) is 7.11 Å². The van der Waals surface area contributed by atoms with Gasteiger partial charge in [-0.2, -0.15) is 0 Å². The average Bonchev–Trinajstić information content (AvgIpc) is 2.92. The molecule has 1 N–H and O–H groups in total. The first-order valence-electron chi connectivity index (χ1n) is 6.04. The summed E-state index contributed by atoms with van der Waals surface area (Å²) in [6, 6.07) is 7.80. The highest BCUT2D eigenvalue weighted by Crippen LogP contribution is 2.11. The average molecular weight is 260 g/mol. The van der Waals surface area contributed by atoms with Crippen LogP contribution in [0.2, 0.25) is 0 Å². The second kappa shape index (κ2) is 6.58. The van der Waals surface area contributed by atoms with Crippen LogP contribution in [0.25, 0.3) is 0 Å². The van der Waals surface area contributed by atoms with Gasteiger partial charge < -0.3 is 14.5 Å². The molecule has 5 heteroatoms. The van der Waals surface area contributed by atoms with E-state index in [0.717, 1.165) is 17.7 Å². The van der Waals surface area contributed by atoms with Gasteiger partial charge in [-0.05, 0) is 24.1 Å². The van der Waals surface area contributed by atoms with Crippen molar-refractivity contribution in [3.05, 3.63) is 48.2 Å². The maximum atomic E-state index is 11.6. The lowest BCUT2D eigenvalue weighted by Gasteiger charge is -2.05. The van der Waals surface area contributed by atoms with Crippen molar-refractivity contribution in [2.75, 3.05) is 13.7 Å². The summed E-state index contributed by atoms with van der Waals surface area (Å²) < 4.78 is 9.89. The number of hydrogen-bond donors (Lipinski definition) is 1. The molecule has 0 aliphatic carbocycles. The largest absolute Gasteiger partial charge is 0.497 e. The van der Waals surface area contributed by atoms with Crippen LogP contribution in [0.1, 0.15) is 11.3 Å². The van der Waals surface area contributed by atoms with Crippen LogP contribution in [-0.4, -0.2) is 24.5 Å². The number of nitrogens with one attached hydrogen (secondary N) is 1.